The van der Waals surface area contributed by atoms with Crippen LogP contribution in [-0.2, 0) is 9.53 Å². The molecule has 1 aliphatic heterocycles. The van der Waals surface area contributed by atoms with Gasteiger partial charge in [0.2, 0.25) is 0 Å². The molecule has 0 aliphatic carbocycles. The largest absolute Gasteiger partial charge is 0.379 e. The number of fused-ring (bicyclic) bond motifs is 1. The zero-order valence-corrected chi connectivity index (χ0v) is 19.1. The lowest BCUT2D eigenvalue weighted by Crippen LogP contribution is -2.39. The van der Waals surface area contributed by atoms with E-state index in [1.807, 2.05) is 54.6 Å². The van der Waals surface area contributed by atoms with E-state index in [0.29, 0.717) is 6.54 Å². The van der Waals surface area contributed by atoms with Crippen LogP contribution in [0, 0.1) is 0 Å². The minimum atomic E-state index is -0.0426. The maximum absolute atomic E-state index is 13.1. The van der Waals surface area contributed by atoms with Crippen LogP contribution in [0.15, 0.2) is 59.1 Å². The average molecular weight is 486 g/mol. The summed E-state index contributed by atoms with van der Waals surface area (Å²) >= 11 is 5.07. The molecule has 2 aromatic carbocycles. The fourth-order valence-electron chi connectivity index (χ4n) is 3.40. The average Bonchev–Trinajstić information content (AvgIpc) is 3.19. The van der Waals surface area contributed by atoms with E-state index in [4.69, 9.17) is 9.72 Å². The molecule has 5 nitrogen and oxygen atoms in total. The van der Waals surface area contributed by atoms with Crippen molar-refractivity contribution in [3.63, 3.8) is 0 Å². The number of carbonyl (C=O) groups is 1. The summed E-state index contributed by atoms with van der Waals surface area (Å²) in [5, 5.41) is 0.743. The predicted molar refractivity (Wildman–Crippen MR) is 127 cm³/mol. The topological polar surface area (TPSA) is 45.7 Å². The summed E-state index contributed by atoms with van der Waals surface area (Å²) in [5.74, 6) is -0.0426. The monoisotopic (exact) mass is 485 g/mol. The Kier molecular flexibility index (Phi) is 7.28. The Morgan fingerprint density at radius 2 is 2.00 bits per heavy atom. The van der Waals surface area contributed by atoms with Crippen LogP contribution in [0.4, 0.5) is 5.13 Å². The molecule has 1 fully saturated rings. The van der Waals surface area contributed by atoms with E-state index in [9.17, 15) is 4.79 Å². The van der Waals surface area contributed by atoms with Gasteiger partial charge in [0.25, 0.3) is 5.91 Å². The maximum Gasteiger partial charge on any atom is 0.252 e. The molecule has 0 radical (unpaired) electrons. The summed E-state index contributed by atoms with van der Waals surface area (Å²) < 4.78 is 7.50. The molecule has 3 aromatic rings. The van der Waals surface area contributed by atoms with Crippen molar-refractivity contribution in [1.82, 2.24) is 9.88 Å². The first kappa shape index (κ1) is 21.2. The molecule has 156 valence electrons. The second-order valence-electron chi connectivity index (χ2n) is 7.15. The van der Waals surface area contributed by atoms with E-state index >= 15 is 0 Å². The van der Waals surface area contributed by atoms with Crippen LogP contribution in [-0.4, -0.2) is 55.2 Å². The summed E-state index contributed by atoms with van der Waals surface area (Å²) in [5.41, 5.74) is 1.92. The number of carbonyl (C=O) groups excluding carboxylic acids is 1. The van der Waals surface area contributed by atoms with Gasteiger partial charge in [-0.25, -0.2) is 4.98 Å². The molecule has 1 amide bonds. The number of amides is 1. The molecule has 1 aliphatic rings. The van der Waals surface area contributed by atoms with Crippen LogP contribution in [0.2, 0.25) is 0 Å². The third-order valence-corrected chi connectivity index (χ3v) is 6.55. The standard InChI is InChI=1S/C23H24BrN3O2S/c24-19-8-9-20-21(17-19)30-23(25-20)27(12-4-11-26-13-15-29-16-14-26)22(28)10-7-18-5-2-1-3-6-18/h1-3,5-10,17H,4,11-16H2/b10-7+. The molecular formula is C23H24BrN3O2S. The lowest BCUT2D eigenvalue weighted by Gasteiger charge is -2.27. The molecular weight excluding hydrogens is 462 g/mol. The highest BCUT2D eigenvalue weighted by atomic mass is 79.9. The molecule has 7 heteroatoms. The fourth-order valence-corrected chi connectivity index (χ4v) is 4.95. The van der Waals surface area contributed by atoms with Crippen molar-refractivity contribution in [3.05, 3.63) is 64.6 Å². The van der Waals surface area contributed by atoms with Gasteiger partial charge in [0.15, 0.2) is 5.13 Å². The Morgan fingerprint density at radius 1 is 1.20 bits per heavy atom. The molecule has 1 aromatic heterocycles. The summed E-state index contributed by atoms with van der Waals surface area (Å²) in [7, 11) is 0. The van der Waals surface area contributed by atoms with Crippen molar-refractivity contribution in [1.29, 1.82) is 0 Å². The van der Waals surface area contributed by atoms with Gasteiger partial charge in [-0.2, -0.15) is 0 Å². The molecule has 0 bridgehead atoms. The minimum Gasteiger partial charge on any atom is -0.379 e. The number of hydrogen-bond acceptors (Lipinski definition) is 5. The zero-order chi connectivity index (χ0) is 20.8. The molecule has 2 heterocycles. The molecule has 1 saturated heterocycles. The number of aromatic nitrogens is 1. The number of benzene rings is 2. The number of hydrogen-bond donors (Lipinski definition) is 0. The van der Waals surface area contributed by atoms with Crippen molar-refractivity contribution in [2.75, 3.05) is 44.3 Å². The molecule has 0 N–H and O–H groups in total. The number of morpholine rings is 1. The first-order valence-electron chi connectivity index (χ1n) is 10.1. The second-order valence-corrected chi connectivity index (χ2v) is 9.07. The molecule has 0 atom stereocenters. The van der Waals surface area contributed by atoms with Crippen LogP contribution < -0.4 is 4.90 Å². The van der Waals surface area contributed by atoms with Crippen LogP contribution in [0.3, 0.4) is 0 Å². The minimum absolute atomic E-state index is 0.0426. The molecule has 0 unspecified atom stereocenters. The van der Waals surface area contributed by atoms with Crippen molar-refractivity contribution in [2.45, 2.75) is 6.42 Å². The Labute approximate surface area is 189 Å². The van der Waals surface area contributed by atoms with Gasteiger partial charge in [0, 0.05) is 36.7 Å². The highest BCUT2D eigenvalue weighted by Crippen LogP contribution is 2.31. The molecule has 4 rings (SSSR count). The molecule has 0 saturated carbocycles. The van der Waals surface area contributed by atoms with Crippen molar-refractivity contribution in [2.24, 2.45) is 0 Å². The van der Waals surface area contributed by atoms with Gasteiger partial charge < -0.3 is 4.74 Å². The number of nitrogens with zero attached hydrogens (tertiary/aromatic N) is 3. The van der Waals surface area contributed by atoms with Gasteiger partial charge in [-0.05, 0) is 36.3 Å². The van der Waals surface area contributed by atoms with Crippen molar-refractivity contribution >= 4 is 54.6 Å². The van der Waals surface area contributed by atoms with E-state index in [0.717, 1.165) is 64.7 Å². The van der Waals surface area contributed by atoms with Crippen LogP contribution in [0.5, 0.6) is 0 Å². The van der Waals surface area contributed by atoms with Crippen molar-refractivity contribution in [3.8, 4) is 0 Å². The van der Waals surface area contributed by atoms with Crippen molar-refractivity contribution < 1.29 is 9.53 Å². The zero-order valence-electron chi connectivity index (χ0n) is 16.7. The number of rotatable bonds is 7. The first-order chi connectivity index (χ1) is 14.7. The Balaban J connectivity index is 1.51. The van der Waals surface area contributed by atoms with E-state index in [-0.39, 0.29) is 5.91 Å². The number of halogens is 1. The molecule has 0 spiro atoms. The van der Waals surface area contributed by atoms with Gasteiger partial charge in [-0.1, -0.05) is 57.6 Å². The quantitative estimate of drug-likeness (QED) is 0.449. The van der Waals surface area contributed by atoms with Gasteiger partial charge in [0.1, 0.15) is 0 Å². The highest BCUT2D eigenvalue weighted by molar-refractivity contribution is 9.10. The van der Waals surface area contributed by atoms with E-state index in [1.165, 1.54) is 0 Å². The predicted octanol–water partition coefficient (Wildman–Crippen LogP) is 4.83. The van der Waals surface area contributed by atoms with Crippen LogP contribution >= 0.6 is 27.3 Å². The van der Waals surface area contributed by atoms with Crippen LogP contribution in [0.25, 0.3) is 16.3 Å². The fraction of sp³-hybridized carbons (Fsp3) is 0.304. The first-order valence-corrected chi connectivity index (χ1v) is 11.7. The lowest BCUT2D eigenvalue weighted by atomic mass is 10.2. The summed E-state index contributed by atoms with van der Waals surface area (Å²) in [6.07, 6.45) is 4.40. The third kappa shape index (κ3) is 5.55. The number of ether oxygens (including phenoxy) is 1. The Hall–Kier alpha value is -2.06. The summed E-state index contributed by atoms with van der Waals surface area (Å²) in [4.78, 5) is 22.0. The van der Waals surface area contributed by atoms with Gasteiger partial charge in [-0.15, -0.1) is 0 Å². The summed E-state index contributed by atoms with van der Waals surface area (Å²) in [6, 6.07) is 15.9. The normalized spacial score (nSPS) is 15.1. The highest BCUT2D eigenvalue weighted by Gasteiger charge is 2.19. The molecule has 30 heavy (non-hydrogen) atoms. The maximum atomic E-state index is 13.1. The third-order valence-electron chi connectivity index (χ3n) is 5.01. The summed E-state index contributed by atoms with van der Waals surface area (Å²) in [6.45, 7) is 5.07. The Bertz CT molecular complexity index is 1020. The van der Waals surface area contributed by atoms with E-state index < -0.39 is 0 Å². The number of thiazole rings is 1. The van der Waals surface area contributed by atoms with Gasteiger partial charge in [-0.3, -0.25) is 14.6 Å². The second kappa shape index (κ2) is 10.3. The van der Waals surface area contributed by atoms with Crippen LogP contribution in [0.1, 0.15) is 12.0 Å². The Morgan fingerprint density at radius 3 is 2.80 bits per heavy atom. The van der Waals surface area contributed by atoms with Gasteiger partial charge in [0.05, 0.1) is 23.4 Å². The van der Waals surface area contributed by atoms with E-state index in [1.54, 1.807) is 22.3 Å². The van der Waals surface area contributed by atoms with E-state index in [2.05, 4.69) is 20.8 Å². The van der Waals surface area contributed by atoms with Gasteiger partial charge >= 0.3 is 0 Å². The lowest BCUT2D eigenvalue weighted by molar-refractivity contribution is -0.114. The SMILES string of the molecule is O=C(/C=C/c1ccccc1)N(CCCN1CCOCC1)c1nc2ccc(Br)cc2s1. The smallest absolute Gasteiger partial charge is 0.252 e. The number of anilines is 1.